The van der Waals surface area contributed by atoms with E-state index in [0.29, 0.717) is 22.2 Å². The first-order chi connectivity index (χ1) is 10.6. The van der Waals surface area contributed by atoms with Crippen LogP contribution >= 0.6 is 11.6 Å². The van der Waals surface area contributed by atoms with E-state index >= 15 is 0 Å². The zero-order chi connectivity index (χ0) is 15.7. The van der Waals surface area contributed by atoms with Gasteiger partial charge in [-0.15, -0.1) is 0 Å². The largest absolute Gasteiger partial charge is 0.482 e. The van der Waals surface area contributed by atoms with Crippen molar-refractivity contribution in [3.63, 3.8) is 0 Å². The molecule has 0 fully saturated rings. The topological polar surface area (TPSA) is 47.6 Å². The van der Waals surface area contributed by atoms with Crippen LogP contribution in [0.25, 0.3) is 0 Å². The van der Waals surface area contributed by atoms with E-state index < -0.39 is 6.10 Å². The van der Waals surface area contributed by atoms with Gasteiger partial charge in [0, 0.05) is 10.7 Å². The fourth-order valence-electron chi connectivity index (χ4n) is 2.35. The Kier molecular flexibility index (Phi) is 3.94. The Morgan fingerprint density at radius 3 is 2.50 bits per heavy atom. The summed E-state index contributed by atoms with van der Waals surface area (Å²) in [6.45, 7) is 3.67. The number of carbonyl (C=O) groups excluding carboxylic acids is 1. The summed E-state index contributed by atoms with van der Waals surface area (Å²) >= 11 is 6.07. The molecule has 0 spiro atoms. The summed E-state index contributed by atoms with van der Waals surface area (Å²) in [7, 11) is 0. The maximum Gasteiger partial charge on any atom is 0.269 e. The lowest BCUT2D eigenvalue weighted by molar-refractivity contribution is -0.128. The van der Waals surface area contributed by atoms with Crippen molar-refractivity contribution in [3.8, 4) is 11.5 Å². The molecule has 2 aromatic carbocycles. The molecule has 1 aliphatic heterocycles. The molecule has 0 aliphatic carbocycles. The summed E-state index contributed by atoms with van der Waals surface area (Å²) in [5.41, 5.74) is 1.49. The third kappa shape index (κ3) is 2.74. The van der Waals surface area contributed by atoms with Crippen molar-refractivity contribution >= 4 is 23.2 Å². The molecule has 1 amide bonds. The maximum absolute atomic E-state index is 12.5. The van der Waals surface area contributed by atoms with Crippen molar-refractivity contribution in [2.24, 2.45) is 0 Å². The maximum atomic E-state index is 12.5. The number of benzene rings is 2. The Labute approximate surface area is 134 Å². The van der Waals surface area contributed by atoms with Crippen LogP contribution in [0.1, 0.15) is 12.5 Å². The highest BCUT2D eigenvalue weighted by Gasteiger charge is 2.34. The highest BCUT2D eigenvalue weighted by atomic mass is 35.5. The van der Waals surface area contributed by atoms with Crippen LogP contribution in [-0.4, -0.2) is 18.1 Å². The van der Waals surface area contributed by atoms with Crippen LogP contribution in [0.4, 0.5) is 5.69 Å². The van der Waals surface area contributed by atoms with E-state index in [4.69, 9.17) is 21.1 Å². The van der Waals surface area contributed by atoms with Gasteiger partial charge in [-0.2, -0.15) is 0 Å². The summed E-state index contributed by atoms with van der Waals surface area (Å²) in [6.07, 6.45) is -1.09. The summed E-state index contributed by atoms with van der Waals surface area (Å²) in [5, 5.41) is 3.46. The first kappa shape index (κ1) is 14.7. The number of anilines is 1. The van der Waals surface area contributed by atoms with Crippen LogP contribution in [0.5, 0.6) is 11.5 Å². The average Bonchev–Trinajstić information content (AvgIpc) is 2.51. The van der Waals surface area contributed by atoms with Crippen molar-refractivity contribution in [1.29, 1.82) is 0 Å². The Balaban J connectivity index is 1.80. The highest BCUT2D eigenvalue weighted by Crippen LogP contribution is 2.34. The summed E-state index contributed by atoms with van der Waals surface area (Å²) in [5.74, 6) is 0.967. The number of ether oxygens (including phenoxy) is 2. The van der Waals surface area contributed by atoms with Gasteiger partial charge in [0.1, 0.15) is 6.10 Å². The third-order valence-corrected chi connectivity index (χ3v) is 4.04. The summed E-state index contributed by atoms with van der Waals surface area (Å²) in [4.78, 5) is 12.5. The number of para-hydroxylation sites is 2. The minimum absolute atomic E-state index is 0.257. The number of hydrogen-bond acceptors (Lipinski definition) is 3. The molecule has 2 atom stereocenters. The molecule has 0 saturated heterocycles. The number of hydrogen-bond donors (Lipinski definition) is 1. The van der Waals surface area contributed by atoms with Gasteiger partial charge in [-0.05, 0) is 43.7 Å². The first-order valence-corrected chi connectivity index (χ1v) is 7.42. The zero-order valence-electron chi connectivity index (χ0n) is 12.3. The second-order valence-electron chi connectivity index (χ2n) is 5.21. The van der Waals surface area contributed by atoms with Gasteiger partial charge in [-0.25, -0.2) is 0 Å². The molecule has 0 radical (unpaired) electrons. The lowest BCUT2D eigenvalue weighted by atomic mass is 10.1. The van der Waals surface area contributed by atoms with Crippen LogP contribution < -0.4 is 14.8 Å². The summed E-state index contributed by atoms with van der Waals surface area (Å²) in [6, 6.07) is 12.7. The Hall–Kier alpha value is -2.20. The second-order valence-corrected chi connectivity index (χ2v) is 5.62. The molecule has 2 aromatic rings. The average molecular weight is 318 g/mol. The molecule has 114 valence electrons. The van der Waals surface area contributed by atoms with E-state index in [1.165, 1.54) is 0 Å². The molecule has 0 bridgehead atoms. The number of nitrogens with one attached hydrogen (secondary N) is 1. The SMILES string of the molecule is Cc1c(Cl)cccc1NC(=O)[C@@H]1Oc2ccccc2O[C@@H]1C. The molecule has 5 heteroatoms. The van der Waals surface area contributed by atoms with E-state index in [9.17, 15) is 4.79 Å². The van der Waals surface area contributed by atoms with Gasteiger partial charge in [0.15, 0.2) is 11.5 Å². The Bertz CT molecular complexity index is 717. The fraction of sp³-hybridized carbons (Fsp3) is 0.235. The molecular formula is C17H16ClNO3. The van der Waals surface area contributed by atoms with E-state index in [-0.39, 0.29) is 12.0 Å². The van der Waals surface area contributed by atoms with E-state index in [1.807, 2.05) is 32.0 Å². The number of halogens is 1. The molecule has 0 saturated carbocycles. The van der Waals surface area contributed by atoms with Gasteiger partial charge in [0.05, 0.1) is 0 Å². The Morgan fingerprint density at radius 1 is 1.09 bits per heavy atom. The molecular weight excluding hydrogens is 302 g/mol. The molecule has 0 unspecified atom stereocenters. The first-order valence-electron chi connectivity index (χ1n) is 7.04. The van der Waals surface area contributed by atoms with Crippen LogP contribution in [0.3, 0.4) is 0 Å². The van der Waals surface area contributed by atoms with Crippen LogP contribution in [0, 0.1) is 6.92 Å². The van der Waals surface area contributed by atoms with E-state index in [0.717, 1.165) is 5.56 Å². The predicted octanol–water partition coefficient (Wildman–Crippen LogP) is 3.82. The normalized spacial score (nSPS) is 19.6. The minimum atomic E-state index is -0.715. The van der Waals surface area contributed by atoms with Gasteiger partial charge >= 0.3 is 0 Å². The van der Waals surface area contributed by atoms with Crippen LogP contribution in [0.2, 0.25) is 5.02 Å². The number of fused-ring (bicyclic) bond motifs is 1. The van der Waals surface area contributed by atoms with Crippen molar-refractivity contribution in [3.05, 3.63) is 53.1 Å². The van der Waals surface area contributed by atoms with E-state index in [1.54, 1.807) is 24.3 Å². The van der Waals surface area contributed by atoms with E-state index in [2.05, 4.69) is 5.32 Å². The standard InChI is InChI=1S/C17H16ClNO3/c1-10-12(18)6-5-7-13(10)19-17(20)16-11(2)21-14-8-3-4-9-15(14)22-16/h3-9,11,16H,1-2H3,(H,19,20)/t11-,16-/m1/s1. The van der Waals surface area contributed by atoms with Crippen molar-refractivity contribution in [2.45, 2.75) is 26.1 Å². The predicted molar refractivity (Wildman–Crippen MR) is 85.8 cm³/mol. The smallest absolute Gasteiger partial charge is 0.269 e. The fourth-order valence-corrected chi connectivity index (χ4v) is 2.53. The molecule has 1 aliphatic rings. The third-order valence-electron chi connectivity index (χ3n) is 3.63. The van der Waals surface area contributed by atoms with Crippen molar-refractivity contribution < 1.29 is 14.3 Å². The number of rotatable bonds is 2. The van der Waals surface area contributed by atoms with Crippen molar-refractivity contribution in [1.82, 2.24) is 0 Å². The van der Waals surface area contributed by atoms with Gasteiger partial charge in [0.25, 0.3) is 5.91 Å². The van der Waals surface area contributed by atoms with Crippen LogP contribution in [0.15, 0.2) is 42.5 Å². The number of carbonyl (C=O) groups is 1. The minimum Gasteiger partial charge on any atom is -0.482 e. The van der Waals surface area contributed by atoms with Gasteiger partial charge in [-0.1, -0.05) is 29.8 Å². The molecule has 4 nitrogen and oxygen atoms in total. The van der Waals surface area contributed by atoms with Gasteiger partial charge < -0.3 is 14.8 Å². The van der Waals surface area contributed by atoms with Gasteiger partial charge in [-0.3, -0.25) is 4.79 Å². The lowest BCUT2D eigenvalue weighted by Crippen LogP contribution is -2.46. The molecule has 3 rings (SSSR count). The molecule has 1 heterocycles. The van der Waals surface area contributed by atoms with Crippen LogP contribution in [-0.2, 0) is 4.79 Å². The molecule has 22 heavy (non-hydrogen) atoms. The highest BCUT2D eigenvalue weighted by molar-refractivity contribution is 6.31. The second kappa shape index (κ2) is 5.89. The van der Waals surface area contributed by atoms with Crippen molar-refractivity contribution in [2.75, 3.05) is 5.32 Å². The zero-order valence-corrected chi connectivity index (χ0v) is 13.1. The molecule has 1 N–H and O–H groups in total. The summed E-state index contributed by atoms with van der Waals surface area (Å²) < 4.78 is 11.5. The monoisotopic (exact) mass is 317 g/mol. The number of amides is 1. The van der Waals surface area contributed by atoms with Gasteiger partial charge in [0.2, 0.25) is 6.10 Å². The lowest BCUT2D eigenvalue weighted by Gasteiger charge is -2.31. The Morgan fingerprint density at radius 2 is 1.77 bits per heavy atom. The molecule has 0 aromatic heterocycles. The quantitative estimate of drug-likeness (QED) is 0.916.